The van der Waals surface area contributed by atoms with Gasteiger partial charge in [0.1, 0.15) is 5.82 Å². The minimum absolute atomic E-state index is 0.198. The molecule has 0 saturated heterocycles. The highest BCUT2D eigenvalue weighted by Gasteiger charge is 2.10. The second kappa shape index (κ2) is 5.61. The van der Waals surface area contributed by atoms with E-state index in [9.17, 15) is 13.6 Å². The van der Waals surface area contributed by atoms with Crippen molar-refractivity contribution in [1.82, 2.24) is 0 Å². The molecule has 16 heavy (non-hydrogen) atoms. The molecule has 0 radical (unpaired) electrons. The van der Waals surface area contributed by atoms with Crippen LogP contribution in [0, 0.1) is 11.6 Å². The van der Waals surface area contributed by atoms with Crippen LogP contribution in [0.25, 0.3) is 6.08 Å². The van der Waals surface area contributed by atoms with Crippen LogP contribution < -0.4 is 0 Å². The lowest BCUT2D eigenvalue weighted by Gasteiger charge is -2.01. The Morgan fingerprint density at radius 3 is 2.81 bits per heavy atom. The summed E-state index contributed by atoms with van der Waals surface area (Å²) in [6.45, 7) is 1.83. The number of ether oxygens (including phenoxy) is 1. The molecule has 0 aromatic heterocycles. The standard InChI is InChI=1S/C11H9ClF2O2/c1-2-16-10(15)6-3-7-9(13)5-4-8(12)11(7)14/h3-6H,2H2,1H3. The summed E-state index contributed by atoms with van der Waals surface area (Å²) in [6, 6.07) is 2.13. The van der Waals surface area contributed by atoms with Crippen LogP contribution in [0.1, 0.15) is 12.5 Å². The van der Waals surface area contributed by atoms with Gasteiger partial charge in [-0.3, -0.25) is 0 Å². The lowest BCUT2D eigenvalue weighted by Crippen LogP contribution is -1.99. The van der Waals surface area contributed by atoms with E-state index >= 15 is 0 Å². The summed E-state index contributed by atoms with van der Waals surface area (Å²) >= 11 is 5.47. The highest BCUT2D eigenvalue weighted by atomic mass is 35.5. The summed E-state index contributed by atoms with van der Waals surface area (Å²) in [7, 11) is 0. The zero-order valence-corrected chi connectivity index (χ0v) is 9.22. The molecule has 1 rings (SSSR count). The molecule has 0 heterocycles. The minimum Gasteiger partial charge on any atom is -0.463 e. The number of carbonyl (C=O) groups excluding carboxylic acids is 1. The third-order valence-corrected chi connectivity index (χ3v) is 2.04. The average molecular weight is 247 g/mol. The van der Waals surface area contributed by atoms with E-state index in [0.717, 1.165) is 24.3 Å². The van der Waals surface area contributed by atoms with Crippen LogP contribution in [-0.2, 0) is 9.53 Å². The lowest BCUT2D eigenvalue weighted by molar-refractivity contribution is -0.137. The summed E-state index contributed by atoms with van der Waals surface area (Å²) < 4.78 is 31.1. The van der Waals surface area contributed by atoms with Crippen molar-refractivity contribution in [3.63, 3.8) is 0 Å². The molecule has 0 atom stereocenters. The predicted molar refractivity (Wildman–Crippen MR) is 57.0 cm³/mol. The number of hydrogen-bond donors (Lipinski definition) is 0. The van der Waals surface area contributed by atoms with Crippen LogP contribution in [-0.4, -0.2) is 12.6 Å². The van der Waals surface area contributed by atoms with Gasteiger partial charge in [-0.15, -0.1) is 0 Å². The molecule has 0 fully saturated rings. The molecular formula is C11H9ClF2O2. The first-order chi connectivity index (χ1) is 7.56. The number of carbonyl (C=O) groups is 1. The number of rotatable bonds is 3. The Kier molecular flexibility index (Phi) is 4.43. The van der Waals surface area contributed by atoms with Crippen LogP contribution in [0.5, 0.6) is 0 Å². The molecule has 0 saturated carbocycles. The van der Waals surface area contributed by atoms with Crippen molar-refractivity contribution in [3.05, 3.63) is 40.4 Å². The van der Waals surface area contributed by atoms with Crippen LogP contribution in [0.15, 0.2) is 18.2 Å². The van der Waals surface area contributed by atoms with Gasteiger partial charge in [-0.2, -0.15) is 0 Å². The number of benzene rings is 1. The minimum atomic E-state index is -0.901. The Labute approximate surface area is 96.5 Å². The maximum absolute atomic E-state index is 13.3. The maximum Gasteiger partial charge on any atom is 0.330 e. The molecule has 86 valence electrons. The lowest BCUT2D eigenvalue weighted by atomic mass is 10.2. The van der Waals surface area contributed by atoms with Crippen molar-refractivity contribution in [3.8, 4) is 0 Å². The molecule has 0 amide bonds. The van der Waals surface area contributed by atoms with E-state index in [1.807, 2.05) is 0 Å². The molecule has 0 bridgehead atoms. The Morgan fingerprint density at radius 1 is 1.50 bits per heavy atom. The quantitative estimate of drug-likeness (QED) is 0.465. The highest BCUT2D eigenvalue weighted by Crippen LogP contribution is 2.22. The van der Waals surface area contributed by atoms with Gasteiger partial charge in [0, 0.05) is 11.6 Å². The summed E-state index contributed by atoms with van der Waals surface area (Å²) in [5.74, 6) is -2.36. The average Bonchev–Trinajstić information content (AvgIpc) is 2.24. The molecular weight excluding hydrogens is 238 g/mol. The highest BCUT2D eigenvalue weighted by molar-refractivity contribution is 6.30. The fourth-order valence-electron chi connectivity index (χ4n) is 1.04. The molecule has 2 nitrogen and oxygen atoms in total. The van der Waals surface area contributed by atoms with Gasteiger partial charge in [-0.25, -0.2) is 13.6 Å². The first-order valence-electron chi connectivity index (χ1n) is 4.54. The van der Waals surface area contributed by atoms with Crippen LogP contribution in [0.3, 0.4) is 0 Å². The van der Waals surface area contributed by atoms with Crippen molar-refractivity contribution >= 4 is 23.6 Å². The first kappa shape index (κ1) is 12.6. The van der Waals surface area contributed by atoms with E-state index in [1.165, 1.54) is 0 Å². The van der Waals surface area contributed by atoms with Crippen LogP contribution in [0.2, 0.25) is 5.02 Å². The second-order valence-corrected chi connectivity index (χ2v) is 3.25. The molecule has 1 aromatic carbocycles. The van der Waals surface area contributed by atoms with Crippen molar-refractivity contribution in [1.29, 1.82) is 0 Å². The number of halogens is 3. The van der Waals surface area contributed by atoms with Crippen molar-refractivity contribution in [2.45, 2.75) is 6.92 Å². The van der Waals surface area contributed by atoms with Gasteiger partial charge in [0.15, 0.2) is 5.82 Å². The first-order valence-corrected chi connectivity index (χ1v) is 4.92. The number of hydrogen-bond acceptors (Lipinski definition) is 2. The van der Waals surface area contributed by atoms with Crippen LogP contribution >= 0.6 is 11.6 Å². The summed E-state index contributed by atoms with van der Waals surface area (Å²) in [5, 5.41) is -0.204. The second-order valence-electron chi connectivity index (χ2n) is 2.84. The molecule has 0 unspecified atom stereocenters. The number of esters is 1. The zero-order chi connectivity index (χ0) is 12.1. The fraction of sp³-hybridized carbons (Fsp3) is 0.182. The normalized spacial score (nSPS) is 10.8. The van der Waals surface area contributed by atoms with E-state index in [2.05, 4.69) is 4.74 Å². The van der Waals surface area contributed by atoms with E-state index in [0.29, 0.717) is 0 Å². The summed E-state index contributed by atoms with van der Waals surface area (Å²) in [6.07, 6.45) is 1.94. The van der Waals surface area contributed by atoms with Crippen molar-refractivity contribution < 1.29 is 18.3 Å². The van der Waals surface area contributed by atoms with Gasteiger partial charge in [-0.05, 0) is 25.1 Å². The van der Waals surface area contributed by atoms with Gasteiger partial charge >= 0.3 is 5.97 Å². The Balaban J connectivity index is 2.97. The molecule has 1 aromatic rings. The molecule has 0 aliphatic carbocycles. The van der Waals surface area contributed by atoms with E-state index < -0.39 is 17.6 Å². The fourth-order valence-corrected chi connectivity index (χ4v) is 1.20. The Hall–Kier alpha value is -1.42. The SMILES string of the molecule is CCOC(=O)C=Cc1c(F)ccc(Cl)c1F. The van der Waals surface area contributed by atoms with Gasteiger partial charge in [0.25, 0.3) is 0 Å². The summed E-state index contributed by atoms with van der Waals surface area (Å²) in [5.41, 5.74) is -0.361. The molecule has 0 aliphatic heterocycles. The zero-order valence-electron chi connectivity index (χ0n) is 8.47. The molecule has 5 heteroatoms. The molecule has 0 aliphatic rings. The third kappa shape index (κ3) is 3.03. The van der Waals surface area contributed by atoms with Gasteiger partial charge in [-0.1, -0.05) is 11.6 Å². The monoisotopic (exact) mass is 246 g/mol. The van der Waals surface area contributed by atoms with E-state index in [4.69, 9.17) is 11.6 Å². The van der Waals surface area contributed by atoms with E-state index in [-0.39, 0.29) is 17.2 Å². The molecule has 0 spiro atoms. The summed E-state index contributed by atoms with van der Waals surface area (Å²) in [4.78, 5) is 10.9. The third-order valence-electron chi connectivity index (χ3n) is 1.75. The maximum atomic E-state index is 13.3. The Morgan fingerprint density at radius 2 is 2.19 bits per heavy atom. The Bertz CT molecular complexity index is 430. The van der Waals surface area contributed by atoms with Gasteiger partial charge < -0.3 is 4.74 Å². The predicted octanol–water partition coefficient (Wildman–Crippen LogP) is 3.19. The van der Waals surface area contributed by atoms with Crippen molar-refractivity contribution in [2.24, 2.45) is 0 Å². The van der Waals surface area contributed by atoms with Crippen LogP contribution in [0.4, 0.5) is 8.78 Å². The smallest absolute Gasteiger partial charge is 0.330 e. The largest absolute Gasteiger partial charge is 0.463 e. The molecule has 0 N–H and O–H groups in total. The van der Waals surface area contributed by atoms with Gasteiger partial charge in [0.2, 0.25) is 0 Å². The van der Waals surface area contributed by atoms with E-state index in [1.54, 1.807) is 6.92 Å². The van der Waals surface area contributed by atoms with Crippen molar-refractivity contribution in [2.75, 3.05) is 6.61 Å². The van der Waals surface area contributed by atoms with Gasteiger partial charge in [0.05, 0.1) is 11.6 Å². The topological polar surface area (TPSA) is 26.3 Å².